The molecule has 1 aromatic carbocycles. The van der Waals surface area contributed by atoms with E-state index in [4.69, 9.17) is 0 Å². The second-order valence-electron chi connectivity index (χ2n) is 6.28. The molecule has 4 rings (SSSR count). The molecule has 2 N–H and O–H groups in total. The molecule has 0 aliphatic carbocycles. The van der Waals surface area contributed by atoms with E-state index in [1.54, 1.807) is 0 Å². The van der Waals surface area contributed by atoms with Gasteiger partial charge in [-0.05, 0) is 49.9 Å². The lowest BCUT2D eigenvalue weighted by atomic mass is 9.85. The first kappa shape index (κ1) is 12.4. The topological polar surface area (TPSA) is 44.0 Å². The van der Waals surface area contributed by atoms with E-state index in [2.05, 4.69) is 38.6 Å². The molecule has 2 fully saturated rings. The molecule has 1 aromatic heterocycles. The van der Waals surface area contributed by atoms with Crippen LogP contribution in [0.5, 0.6) is 0 Å². The van der Waals surface area contributed by atoms with Crippen molar-refractivity contribution in [1.82, 2.24) is 20.4 Å². The molecular weight excluding hydrogens is 248 g/mol. The summed E-state index contributed by atoms with van der Waals surface area (Å²) in [4.78, 5) is 2.62. The third-order valence-corrected chi connectivity index (χ3v) is 4.89. The van der Waals surface area contributed by atoms with Crippen LogP contribution in [0, 0.1) is 5.92 Å². The van der Waals surface area contributed by atoms with Gasteiger partial charge in [0.15, 0.2) is 0 Å². The molecule has 0 spiro atoms. The minimum Gasteiger partial charge on any atom is -0.314 e. The molecule has 2 aromatic rings. The van der Waals surface area contributed by atoms with E-state index in [1.807, 2.05) is 6.20 Å². The Hall–Kier alpha value is -1.39. The number of benzene rings is 1. The van der Waals surface area contributed by atoms with Crippen molar-refractivity contribution < 1.29 is 0 Å². The molecule has 2 aliphatic heterocycles. The highest BCUT2D eigenvalue weighted by molar-refractivity contribution is 5.78. The summed E-state index contributed by atoms with van der Waals surface area (Å²) < 4.78 is 0. The van der Waals surface area contributed by atoms with E-state index in [-0.39, 0.29) is 0 Å². The first-order chi connectivity index (χ1) is 9.88. The van der Waals surface area contributed by atoms with Gasteiger partial charge < -0.3 is 5.32 Å². The van der Waals surface area contributed by atoms with Gasteiger partial charge in [0.1, 0.15) is 0 Å². The summed E-state index contributed by atoms with van der Waals surface area (Å²) in [5, 5.41) is 12.0. The van der Waals surface area contributed by atoms with Crippen LogP contribution in [0.2, 0.25) is 0 Å². The van der Waals surface area contributed by atoms with Crippen molar-refractivity contribution in [3.8, 4) is 0 Å². The highest BCUT2D eigenvalue weighted by Gasteiger charge is 2.30. The van der Waals surface area contributed by atoms with Crippen LogP contribution in [0.15, 0.2) is 24.4 Å². The van der Waals surface area contributed by atoms with Crippen LogP contribution < -0.4 is 5.32 Å². The zero-order valence-corrected chi connectivity index (χ0v) is 11.8. The van der Waals surface area contributed by atoms with Crippen molar-refractivity contribution in [1.29, 1.82) is 0 Å². The van der Waals surface area contributed by atoms with Gasteiger partial charge in [0, 0.05) is 24.5 Å². The summed E-state index contributed by atoms with van der Waals surface area (Å²) in [5.74, 6) is 0.855. The van der Waals surface area contributed by atoms with Crippen molar-refractivity contribution >= 4 is 10.9 Å². The average Bonchev–Trinajstić information content (AvgIpc) is 2.95. The number of nitrogens with one attached hydrogen (secondary N) is 2. The molecule has 0 radical (unpaired) electrons. The second-order valence-corrected chi connectivity index (χ2v) is 6.28. The SMILES string of the molecule is c1cc2cn[nH]c2cc1CN1CC[C@@H]2NCCC[C@@H]2C1. The van der Waals surface area contributed by atoms with Crippen LogP contribution in [-0.4, -0.2) is 40.8 Å². The van der Waals surface area contributed by atoms with Gasteiger partial charge in [-0.3, -0.25) is 10.00 Å². The fourth-order valence-electron chi connectivity index (χ4n) is 3.80. The number of likely N-dealkylation sites (tertiary alicyclic amines) is 1. The Bertz CT molecular complexity index is 591. The van der Waals surface area contributed by atoms with Crippen LogP contribution in [0.4, 0.5) is 0 Å². The smallest absolute Gasteiger partial charge is 0.0653 e. The standard InChI is InChI=1S/C16H22N4/c1-2-14-11-20(7-5-15(14)17-6-1)10-12-3-4-13-9-18-19-16(13)8-12/h3-4,8-9,14-15,17H,1-2,5-7,10-11H2,(H,18,19)/t14-,15+/m1/s1. The molecular formula is C16H22N4. The summed E-state index contributed by atoms with van der Waals surface area (Å²) in [5.41, 5.74) is 2.54. The van der Waals surface area contributed by atoms with E-state index >= 15 is 0 Å². The maximum absolute atomic E-state index is 4.10. The zero-order chi connectivity index (χ0) is 13.4. The van der Waals surface area contributed by atoms with Crippen LogP contribution in [0.25, 0.3) is 10.9 Å². The lowest BCUT2D eigenvalue weighted by Gasteiger charge is -2.41. The van der Waals surface area contributed by atoms with Gasteiger partial charge >= 0.3 is 0 Å². The summed E-state index contributed by atoms with van der Waals surface area (Å²) in [6, 6.07) is 7.43. The Labute approximate surface area is 119 Å². The van der Waals surface area contributed by atoms with Crippen LogP contribution in [0.1, 0.15) is 24.8 Å². The molecule has 0 saturated carbocycles. The van der Waals surface area contributed by atoms with Gasteiger partial charge in [0.25, 0.3) is 0 Å². The van der Waals surface area contributed by atoms with Gasteiger partial charge in [-0.2, -0.15) is 5.10 Å². The number of aromatic nitrogens is 2. The summed E-state index contributed by atoms with van der Waals surface area (Å²) in [6.07, 6.45) is 5.93. The third-order valence-electron chi connectivity index (χ3n) is 4.89. The largest absolute Gasteiger partial charge is 0.314 e. The number of fused-ring (bicyclic) bond motifs is 2. The van der Waals surface area contributed by atoms with Gasteiger partial charge in [-0.15, -0.1) is 0 Å². The molecule has 2 saturated heterocycles. The van der Waals surface area contributed by atoms with Gasteiger partial charge in [-0.25, -0.2) is 0 Å². The molecule has 0 bridgehead atoms. The zero-order valence-electron chi connectivity index (χ0n) is 11.8. The van der Waals surface area contributed by atoms with Crippen molar-refractivity contribution in [2.24, 2.45) is 5.92 Å². The Morgan fingerprint density at radius 2 is 2.30 bits per heavy atom. The van der Waals surface area contributed by atoms with E-state index in [0.717, 1.165) is 24.0 Å². The lowest BCUT2D eigenvalue weighted by Crippen LogP contribution is -2.51. The minimum absolute atomic E-state index is 0.773. The van der Waals surface area contributed by atoms with E-state index in [1.165, 1.54) is 49.8 Å². The van der Waals surface area contributed by atoms with Crippen molar-refractivity contribution in [3.05, 3.63) is 30.0 Å². The predicted molar refractivity (Wildman–Crippen MR) is 80.5 cm³/mol. The number of H-pyrrole nitrogens is 1. The predicted octanol–water partition coefficient (Wildman–Crippen LogP) is 2.14. The molecule has 2 atom stereocenters. The van der Waals surface area contributed by atoms with Gasteiger partial charge in [-0.1, -0.05) is 12.1 Å². The highest BCUT2D eigenvalue weighted by Crippen LogP contribution is 2.26. The molecule has 2 aliphatic rings. The van der Waals surface area contributed by atoms with Crippen LogP contribution in [-0.2, 0) is 6.54 Å². The minimum atomic E-state index is 0.773. The van der Waals surface area contributed by atoms with Gasteiger partial charge in [0.05, 0.1) is 11.7 Å². The van der Waals surface area contributed by atoms with Crippen LogP contribution in [0.3, 0.4) is 0 Å². The Balaban J connectivity index is 1.45. The van der Waals surface area contributed by atoms with Gasteiger partial charge in [0.2, 0.25) is 0 Å². The maximum Gasteiger partial charge on any atom is 0.0653 e. The first-order valence-corrected chi connectivity index (χ1v) is 7.76. The molecule has 20 heavy (non-hydrogen) atoms. The fraction of sp³-hybridized carbons (Fsp3) is 0.562. The monoisotopic (exact) mass is 270 g/mol. The molecule has 0 amide bonds. The number of hydrogen-bond donors (Lipinski definition) is 2. The average molecular weight is 270 g/mol. The lowest BCUT2D eigenvalue weighted by molar-refractivity contribution is 0.109. The molecule has 0 unspecified atom stereocenters. The van der Waals surface area contributed by atoms with E-state index in [0.29, 0.717) is 0 Å². The van der Waals surface area contributed by atoms with Crippen molar-refractivity contribution in [2.45, 2.75) is 31.8 Å². The van der Waals surface area contributed by atoms with E-state index in [9.17, 15) is 0 Å². The summed E-state index contributed by atoms with van der Waals surface area (Å²) in [6.45, 7) is 4.75. The Morgan fingerprint density at radius 1 is 1.30 bits per heavy atom. The van der Waals surface area contributed by atoms with Crippen molar-refractivity contribution in [3.63, 3.8) is 0 Å². The van der Waals surface area contributed by atoms with E-state index < -0.39 is 0 Å². The number of hydrogen-bond acceptors (Lipinski definition) is 3. The summed E-state index contributed by atoms with van der Waals surface area (Å²) in [7, 11) is 0. The van der Waals surface area contributed by atoms with Crippen LogP contribution >= 0.6 is 0 Å². The molecule has 3 heterocycles. The molecule has 4 nitrogen and oxygen atoms in total. The first-order valence-electron chi connectivity index (χ1n) is 7.76. The number of aromatic amines is 1. The molecule has 4 heteroatoms. The summed E-state index contributed by atoms with van der Waals surface area (Å²) >= 11 is 0. The number of rotatable bonds is 2. The fourth-order valence-corrected chi connectivity index (χ4v) is 3.80. The highest BCUT2D eigenvalue weighted by atomic mass is 15.2. The normalized spacial score (nSPS) is 27.6. The number of piperidine rings is 2. The second kappa shape index (κ2) is 5.19. The third kappa shape index (κ3) is 2.34. The number of nitrogens with zero attached hydrogens (tertiary/aromatic N) is 2. The quantitative estimate of drug-likeness (QED) is 0.878. The Morgan fingerprint density at radius 3 is 3.30 bits per heavy atom. The Kier molecular flexibility index (Phi) is 3.20. The molecule has 106 valence electrons. The maximum atomic E-state index is 4.10. The van der Waals surface area contributed by atoms with Crippen molar-refractivity contribution in [2.75, 3.05) is 19.6 Å².